The quantitative estimate of drug-likeness (QED) is 0.474. The third-order valence-corrected chi connectivity index (χ3v) is 3.95. The van der Waals surface area contributed by atoms with Crippen molar-refractivity contribution in [3.8, 4) is 11.2 Å². The Balaban J connectivity index is 2.17. The number of ether oxygens (including phenoxy) is 2. The molecule has 1 aromatic rings. The number of thioether (sulfide) groups is 1. The largest absolute Gasteiger partial charge is 0.482 e. The van der Waals surface area contributed by atoms with Crippen molar-refractivity contribution in [2.45, 2.75) is 37.5 Å². The molecule has 0 amide bonds. The van der Waals surface area contributed by atoms with Crippen LogP contribution in [-0.4, -0.2) is 19.2 Å². The molecule has 0 aliphatic heterocycles. The summed E-state index contributed by atoms with van der Waals surface area (Å²) < 4.78 is 10.4. The number of carbonyl (C=O) groups is 1. The summed E-state index contributed by atoms with van der Waals surface area (Å²) in [4.78, 5) is 12.4. The second kappa shape index (κ2) is 7.20. The van der Waals surface area contributed by atoms with E-state index in [1.807, 2.05) is 12.1 Å². The van der Waals surface area contributed by atoms with Crippen molar-refractivity contribution in [2.24, 2.45) is 0 Å². The van der Waals surface area contributed by atoms with Gasteiger partial charge in [0.15, 0.2) is 6.61 Å². The van der Waals surface area contributed by atoms with Crippen molar-refractivity contribution in [1.29, 1.82) is 5.26 Å². The van der Waals surface area contributed by atoms with Crippen LogP contribution < -0.4 is 4.74 Å². The van der Waals surface area contributed by atoms with Gasteiger partial charge < -0.3 is 9.47 Å². The number of esters is 1. The maximum Gasteiger partial charge on any atom is 0.344 e. The highest BCUT2D eigenvalue weighted by molar-refractivity contribution is 8.03. The van der Waals surface area contributed by atoms with E-state index >= 15 is 0 Å². The number of benzene rings is 1. The fraction of sp³-hybridized carbons (Fsp3) is 0.467. The highest BCUT2D eigenvalue weighted by Crippen LogP contribution is 2.36. The maximum atomic E-state index is 11.4. The van der Waals surface area contributed by atoms with Crippen LogP contribution >= 0.6 is 11.8 Å². The van der Waals surface area contributed by atoms with E-state index in [4.69, 9.17) is 14.7 Å². The summed E-state index contributed by atoms with van der Waals surface area (Å²) in [6.45, 7) is 2.07. The molecule has 0 heterocycles. The summed E-state index contributed by atoms with van der Waals surface area (Å²) in [6.07, 6.45) is 4.15. The Bertz CT molecular complexity index is 537. The van der Waals surface area contributed by atoms with Gasteiger partial charge in [-0.2, -0.15) is 5.26 Å². The number of thiocyanates is 1. The Hall–Kier alpha value is -1.67. The van der Waals surface area contributed by atoms with E-state index in [0.29, 0.717) is 6.61 Å². The van der Waals surface area contributed by atoms with Crippen LogP contribution in [0.5, 0.6) is 5.75 Å². The van der Waals surface area contributed by atoms with Gasteiger partial charge in [0, 0.05) is 4.90 Å². The molecule has 1 aliphatic carbocycles. The number of nitrogens with zero attached hydrogens (tertiary/aromatic N) is 1. The lowest BCUT2D eigenvalue weighted by molar-refractivity contribution is -0.145. The van der Waals surface area contributed by atoms with E-state index in [1.165, 1.54) is 17.3 Å². The van der Waals surface area contributed by atoms with Crippen LogP contribution in [-0.2, 0) is 22.4 Å². The number of rotatable bonds is 5. The van der Waals surface area contributed by atoms with Crippen molar-refractivity contribution in [3.05, 3.63) is 23.3 Å². The number of hydrogen-bond donors (Lipinski definition) is 0. The van der Waals surface area contributed by atoms with Crippen molar-refractivity contribution >= 4 is 17.7 Å². The van der Waals surface area contributed by atoms with Gasteiger partial charge in [0.1, 0.15) is 11.2 Å². The van der Waals surface area contributed by atoms with Crippen molar-refractivity contribution in [3.63, 3.8) is 0 Å². The van der Waals surface area contributed by atoms with E-state index in [0.717, 1.165) is 41.9 Å². The Morgan fingerprint density at radius 1 is 1.35 bits per heavy atom. The molecule has 0 aromatic heterocycles. The third kappa shape index (κ3) is 3.45. The van der Waals surface area contributed by atoms with Gasteiger partial charge in [-0.3, -0.25) is 0 Å². The first kappa shape index (κ1) is 14.7. The zero-order valence-electron chi connectivity index (χ0n) is 11.5. The minimum absolute atomic E-state index is 0.0645. The van der Waals surface area contributed by atoms with Gasteiger partial charge in [-0.25, -0.2) is 4.79 Å². The molecule has 0 bridgehead atoms. The molecular weight excluding hydrogens is 274 g/mol. The van der Waals surface area contributed by atoms with E-state index < -0.39 is 0 Å². The minimum Gasteiger partial charge on any atom is -0.482 e. The molecule has 0 saturated heterocycles. The van der Waals surface area contributed by atoms with Gasteiger partial charge in [0.2, 0.25) is 0 Å². The zero-order valence-corrected chi connectivity index (χ0v) is 12.3. The monoisotopic (exact) mass is 291 g/mol. The molecule has 0 atom stereocenters. The molecule has 1 aliphatic rings. The molecule has 5 heteroatoms. The van der Waals surface area contributed by atoms with Gasteiger partial charge in [-0.1, -0.05) is 0 Å². The highest BCUT2D eigenvalue weighted by atomic mass is 32.2. The van der Waals surface area contributed by atoms with Crippen molar-refractivity contribution < 1.29 is 14.3 Å². The number of carbonyl (C=O) groups excluding carboxylic acids is 1. The second-order valence-electron chi connectivity index (χ2n) is 4.51. The summed E-state index contributed by atoms with van der Waals surface area (Å²) in [5.41, 5.74) is 2.34. The summed E-state index contributed by atoms with van der Waals surface area (Å²) in [6, 6.07) is 3.75. The first-order valence-corrected chi connectivity index (χ1v) is 7.57. The van der Waals surface area contributed by atoms with Crippen LogP contribution in [0.4, 0.5) is 0 Å². The Morgan fingerprint density at radius 3 is 2.80 bits per heavy atom. The van der Waals surface area contributed by atoms with Gasteiger partial charge in [0.25, 0.3) is 0 Å². The van der Waals surface area contributed by atoms with Crippen molar-refractivity contribution in [1.82, 2.24) is 0 Å². The molecule has 20 heavy (non-hydrogen) atoms. The average Bonchev–Trinajstić information content (AvgIpc) is 2.47. The van der Waals surface area contributed by atoms with Gasteiger partial charge in [0.05, 0.1) is 6.61 Å². The molecule has 0 unspecified atom stereocenters. The lowest BCUT2D eigenvalue weighted by atomic mass is 9.91. The fourth-order valence-corrected chi connectivity index (χ4v) is 3.00. The molecule has 0 radical (unpaired) electrons. The Kier molecular flexibility index (Phi) is 5.31. The van der Waals surface area contributed by atoms with E-state index in [2.05, 4.69) is 5.40 Å². The van der Waals surface area contributed by atoms with Gasteiger partial charge >= 0.3 is 5.97 Å². The summed E-state index contributed by atoms with van der Waals surface area (Å²) in [7, 11) is 0. The van der Waals surface area contributed by atoms with Crippen LogP contribution in [0.3, 0.4) is 0 Å². The van der Waals surface area contributed by atoms with Gasteiger partial charge in [-0.15, -0.1) is 0 Å². The molecule has 4 nitrogen and oxygen atoms in total. The molecule has 106 valence electrons. The molecule has 1 aromatic carbocycles. The fourth-order valence-electron chi connectivity index (χ4n) is 2.42. The third-order valence-electron chi connectivity index (χ3n) is 3.26. The SMILES string of the molecule is CCOC(=O)COc1ccc(SC#N)c2c1CCCC2. The molecular formula is C15H17NO3S. The van der Waals surface area contributed by atoms with Crippen LogP contribution in [0.15, 0.2) is 17.0 Å². The number of nitriles is 1. The first-order chi connectivity index (χ1) is 9.76. The van der Waals surface area contributed by atoms with Crippen LogP contribution in [0, 0.1) is 10.7 Å². The Labute approximate surface area is 123 Å². The smallest absolute Gasteiger partial charge is 0.344 e. The minimum atomic E-state index is -0.354. The molecule has 2 rings (SSSR count). The normalized spacial score (nSPS) is 13.2. The van der Waals surface area contributed by atoms with Crippen LogP contribution in [0.1, 0.15) is 30.9 Å². The second-order valence-corrected chi connectivity index (χ2v) is 5.34. The number of hydrogen-bond acceptors (Lipinski definition) is 5. The van der Waals surface area contributed by atoms with E-state index in [-0.39, 0.29) is 12.6 Å². The molecule has 0 saturated carbocycles. The molecule has 0 fully saturated rings. The zero-order chi connectivity index (χ0) is 14.4. The predicted octanol–water partition coefficient (Wildman–Crippen LogP) is 3.08. The summed E-state index contributed by atoms with van der Waals surface area (Å²) in [5.74, 6) is 0.391. The average molecular weight is 291 g/mol. The summed E-state index contributed by atoms with van der Waals surface area (Å²) >= 11 is 1.19. The lowest BCUT2D eigenvalue weighted by Crippen LogP contribution is -2.16. The van der Waals surface area contributed by atoms with Crippen molar-refractivity contribution in [2.75, 3.05) is 13.2 Å². The predicted molar refractivity (Wildman–Crippen MR) is 76.7 cm³/mol. The van der Waals surface area contributed by atoms with Crippen LogP contribution in [0.2, 0.25) is 0 Å². The van der Waals surface area contributed by atoms with Gasteiger partial charge in [-0.05, 0) is 67.6 Å². The topological polar surface area (TPSA) is 59.3 Å². The lowest BCUT2D eigenvalue weighted by Gasteiger charge is -2.21. The van der Waals surface area contributed by atoms with E-state index in [1.54, 1.807) is 6.92 Å². The summed E-state index contributed by atoms with van der Waals surface area (Å²) in [5, 5.41) is 11.0. The maximum absolute atomic E-state index is 11.4. The highest BCUT2D eigenvalue weighted by Gasteiger charge is 2.19. The number of fused-ring (bicyclic) bond motifs is 1. The standard InChI is InChI=1S/C15H17NO3S/c1-2-18-15(17)9-19-13-7-8-14(20-10-16)12-6-4-3-5-11(12)13/h7-8H,2-6,9H2,1H3. The Morgan fingerprint density at radius 2 is 2.10 bits per heavy atom. The molecule has 0 spiro atoms. The van der Waals surface area contributed by atoms with E-state index in [9.17, 15) is 4.79 Å². The van der Waals surface area contributed by atoms with Crippen LogP contribution in [0.25, 0.3) is 0 Å². The molecule has 0 N–H and O–H groups in total. The first-order valence-electron chi connectivity index (χ1n) is 6.75.